The molecule has 0 bridgehead atoms. The number of fused-ring (bicyclic) bond motifs is 2. The Bertz CT molecular complexity index is 1330. The summed E-state index contributed by atoms with van der Waals surface area (Å²) < 4.78 is 39.1. The Morgan fingerprint density at radius 2 is 2.12 bits per heavy atom. The fourth-order valence-corrected chi connectivity index (χ4v) is 6.00. The normalized spacial score (nSPS) is 16.3. The molecular weight excluding hydrogens is 458 g/mol. The van der Waals surface area contributed by atoms with Crippen LogP contribution in [0.25, 0.3) is 10.9 Å². The first-order chi connectivity index (χ1) is 16.4. The largest absolute Gasteiger partial charge is 0.489 e. The standard InChI is InChI=1S/C23H27N5O5S/c1-3-27(34(30,31)21-9-15(2)8-16-11-24-26-23(16)21)12-22(29)25-17-4-5-19-20(10-17)33-7-6-28(19)18-13-32-14-18/h4-5,8-11,18H,3,6-7,12-14H2,1-2H3,(H,24,26)(H,25,29). The summed E-state index contributed by atoms with van der Waals surface area (Å²) >= 11 is 0. The van der Waals surface area contributed by atoms with Crippen molar-refractivity contribution in [1.82, 2.24) is 14.5 Å². The first-order valence-electron chi connectivity index (χ1n) is 11.2. The lowest BCUT2D eigenvalue weighted by atomic mass is 10.1. The van der Waals surface area contributed by atoms with Crippen molar-refractivity contribution in [2.24, 2.45) is 0 Å². The summed E-state index contributed by atoms with van der Waals surface area (Å²) in [5, 5.41) is 10.2. The van der Waals surface area contributed by atoms with E-state index in [9.17, 15) is 13.2 Å². The number of carbonyl (C=O) groups is 1. The van der Waals surface area contributed by atoms with E-state index in [4.69, 9.17) is 9.47 Å². The van der Waals surface area contributed by atoms with E-state index >= 15 is 0 Å². The number of amides is 1. The lowest BCUT2D eigenvalue weighted by Gasteiger charge is -2.41. The maximum absolute atomic E-state index is 13.4. The zero-order chi connectivity index (χ0) is 23.9. The number of H-pyrrole nitrogens is 1. The summed E-state index contributed by atoms with van der Waals surface area (Å²) in [5.41, 5.74) is 2.75. The number of hydrogen-bond acceptors (Lipinski definition) is 7. The number of nitrogens with one attached hydrogen (secondary N) is 2. The van der Waals surface area contributed by atoms with Crippen LogP contribution in [0.1, 0.15) is 12.5 Å². The van der Waals surface area contributed by atoms with Crippen LogP contribution in [0.15, 0.2) is 41.4 Å². The number of aromatic nitrogens is 2. The monoisotopic (exact) mass is 485 g/mol. The average molecular weight is 486 g/mol. The van der Waals surface area contributed by atoms with E-state index in [2.05, 4.69) is 20.4 Å². The molecular formula is C23H27N5O5S. The van der Waals surface area contributed by atoms with Crippen LogP contribution in [0.4, 0.5) is 11.4 Å². The minimum absolute atomic E-state index is 0.108. The molecule has 0 aliphatic carbocycles. The first kappa shape index (κ1) is 22.6. The molecule has 34 heavy (non-hydrogen) atoms. The second kappa shape index (κ2) is 8.90. The number of carbonyl (C=O) groups excluding carboxylic acids is 1. The molecule has 5 rings (SSSR count). The van der Waals surface area contributed by atoms with Gasteiger partial charge in [-0.1, -0.05) is 6.92 Å². The smallest absolute Gasteiger partial charge is 0.245 e. The number of nitrogens with zero attached hydrogens (tertiary/aromatic N) is 3. The third kappa shape index (κ3) is 4.10. The predicted octanol–water partition coefficient (Wildman–Crippen LogP) is 2.12. The topological polar surface area (TPSA) is 117 Å². The van der Waals surface area contributed by atoms with Gasteiger partial charge in [0.2, 0.25) is 15.9 Å². The lowest BCUT2D eigenvalue weighted by molar-refractivity contribution is -0.116. The Kier molecular flexibility index (Phi) is 5.92. The maximum atomic E-state index is 13.4. The van der Waals surface area contributed by atoms with Crippen molar-refractivity contribution >= 4 is 38.2 Å². The van der Waals surface area contributed by atoms with E-state index in [1.807, 2.05) is 19.1 Å². The quantitative estimate of drug-likeness (QED) is 0.526. The second-order valence-corrected chi connectivity index (χ2v) is 10.4. The summed E-state index contributed by atoms with van der Waals surface area (Å²) in [6, 6.07) is 9.29. The highest BCUT2D eigenvalue weighted by Crippen LogP contribution is 2.36. The van der Waals surface area contributed by atoms with E-state index in [1.165, 1.54) is 0 Å². The molecule has 11 heteroatoms. The van der Waals surface area contributed by atoms with Crippen molar-refractivity contribution < 1.29 is 22.7 Å². The number of aryl methyl sites for hydroxylation is 1. The minimum atomic E-state index is -3.93. The zero-order valence-corrected chi connectivity index (χ0v) is 19.9. The third-order valence-corrected chi connectivity index (χ3v) is 8.10. The van der Waals surface area contributed by atoms with Crippen LogP contribution >= 0.6 is 0 Å². The number of rotatable bonds is 7. The molecule has 0 spiro atoms. The van der Waals surface area contributed by atoms with E-state index in [0.29, 0.717) is 48.2 Å². The molecule has 2 aromatic carbocycles. The van der Waals surface area contributed by atoms with Crippen molar-refractivity contribution in [3.05, 3.63) is 42.1 Å². The SMILES string of the molecule is CCN(CC(=O)Nc1ccc2c(c1)OCCN2C1COC1)S(=O)(=O)c1cc(C)cc2cn[nH]c12. The van der Waals surface area contributed by atoms with Crippen LogP contribution in [0.5, 0.6) is 5.75 Å². The van der Waals surface area contributed by atoms with Crippen molar-refractivity contribution in [2.75, 3.05) is 49.7 Å². The molecule has 2 N–H and O–H groups in total. The molecule has 10 nitrogen and oxygen atoms in total. The summed E-state index contributed by atoms with van der Waals surface area (Å²) in [6.07, 6.45) is 1.58. The molecule has 3 heterocycles. The summed E-state index contributed by atoms with van der Waals surface area (Å²) in [4.78, 5) is 15.2. The number of anilines is 2. The highest BCUT2D eigenvalue weighted by Gasteiger charge is 2.31. The highest BCUT2D eigenvalue weighted by atomic mass is 32.2. The van der Waals surface area contributed by atoms with Crippen LogP contribution in [0.2, 0.25) is 0 Å². The number of hydrogen-bond donors (Lipinski definition) is 2. The third-order valence-electron chi connectivity index (χ3n) is 6.15. The molecule has 0 unspecified atom stereocenters. The molecule has 3 aromatic rings. The molecule has 0 radical (unpaired) electrons. The van der Waals surface area contributed by atoms with Crippen LogP contribution in [-0.2, 0) is 19.6 Å². The molecule has 2 aliphatic rings. The second-order valence-electron chi connectivity index (χ2n) is 8.49. The number of likely N-dealkylation sites (N-methyl/N-ethyl adjacent to an activating group) is 1. The van der Waals surface area contributed by atoms with Gasteiger partial charge in [0.1, 0.15) is 17.3 Å². The highest BCUT2D eigenvalue weighted by molar-refractivity contribution is 7.89. The van der Waals surface area contributed by atoms with Crippen LogP contribution < -0.4 is 15.0 Å². The molecule has 0 atom stereocenters. The fourth-order valence-electron chi connectivity index (χ4n) is 4.34. The Hall–Kier alpha value is -3.15. The fraction of sp³-hybridized carbons (Fsp3) is 0.391. The molecule has 0 saturated carbocycles. The molecule has 1 aromatic heterocycles. The van der Waals surface area contributed by atoms with Crippen molar-refractivity contribution in [3.8, 4) is 5.75 Å². The van der Waals surface area contributed by atoms with Gasteiger partial charge in [-0.25, -0.2) is 8.42 Å². The molecule has 1 saturated heterocycles. The molecule has 180 valence electrons. The Morgan fingerprint density at radius 3 is 2.85 bits per heavy atom. The number of ether oxygens (including phenoxy) is 2. The lowest BCUT2D eigenvalue weighted by Crippen LogP contribution is -2.52. The van der Waals surface area contributed by atoms with Gasteiger partial charge in [-0.3, -0.25) is 9.89 Å². The number of sulfonamides is 1. The van der Waals surface area contributed by atoms with Crippen molar-refractivity contribution in [3.63, 3.8) is 0 Å². The molecule has 1 amide bonds. The number of benzene rings is 2. The Morgan fingerprint density at radius 1 is 1.29 bits per heavy atom. The van der Waals surface area contributed by atoms with Gasteiger partial charge in [-0.15, -0.1) is 0 Å². The Labute approximate surface area is 197 Å². The first-order valence-corrected chi connectivity index (χ1v) is 12.7. The molecule has 1 fully saturated rings. The van der Waals surface area contributed by atoms with E-state index in [1.54, 1.807) is 31.3 Å². The minimum Gasteiger partial charge on any atom is -0.489 e. The van der Waals surface area contributed by atoms with Gasteiger partial charge in [0, 0.05) is 23.7 Å². The summed E-state index contributed by atoms with van der Waals surface area (Å²) in [6.45, 7) is 6.11. The summed E-state index contributed by atoms with van der Waals surface area (Å²) in [7, 11) is -3.93. The van der Waals surface area contributed by atoms with E-state index < -0.39 is 15.9 Å². The van der Waals surface area contributed by atoms with Gasteiger partial charge in [0.05, 0.1) is 49.7 Å². The predicted molar refractivity (Wildman–Crippen MR) is 128 cm³/mol. The van der Waals surface area contributed by atoms with E-state index in [0.717, 1.165) is 22.1 Å². The van der Waals surface area contributed by atoms with E-state index in [-0.39, 0.29) is 18.0 Å². The van der Waals surface area contributed by atoms with Gasteiger partial charge >= 0.3 is 0 Å². The van der Waals surface area contributed by atoms with Crippen LogP contribution in [0, 0.1) is 6.92 Å². The van der Waals surface area contributed by atoms with Crippen LogP contribution in [0.3, 0.4) is 0 Å². The van der Waals surface area contributed by atoms with Gasteiger partial charge in [0.25, 0.3) is 0 Å². The van der Waals surface area contributed by atoms with Crippen molar-refractivity contribution in [1.29, 1.82) is 0 Å². The van der Waals surface area contributed by atoms with Crippen LogP contribution in [-0.4, -0.2) is 74.3 Å². The van der Waals surface area contributed by atoms with Gasteiger partial charge in [-0.05, 0) is 36.8 Å². The molecule has 2 aliphatic heterocycles. The number of aromatic amines is 1. The van der Waals surface area contributed by atoms with Gasteiger partial charge in [0.15, 0.2) is 0 Å². The van der Waals surface area contributed by atoms with Crippen molar-refractivity contribution in [2.45, 2.75) is 24.8 Å². The summed E-state index contributed by atoms with van der Waals surface area (Å²) in [5.74, 6) is 0.260. The van der Waals surface area contributed by atoms with Gasteiger partial charge < -0.3 is 19.7 Å². The zero-order valence-electron chi connectivity index (χ0n) is 19.1. The maximum Gasteiger partial charge on any atom is 0.245 e. The Balaban J connectivity index is 1.33. The average Bonchev–Trinajstić information content (AvgIpc) is 3.24. The van der Waals surface area contributed by atoms with Gasteiger partial charge in [-0.2, -0.15) is 9.40 Å².